The molecule has 0 aliphatic heterocycles. The smallest absolute Gasteiger partial charge is 0.264 e. The first-order valence-corrected chi connectivity index (χ1v) is 14.3. The number of carbonyl (C=O) groups excluding carboxylic acids is 2. The average molecular weight is 556 g/mol. The highest BCUT2D eigenvalue weighted by Crippen LogP contribution is 2.30. The van der Waals surface area contributed by atoms with Crippen LogP contribution in [-0.4, -0.2) is 44.3 Å². The number of benzene rings is 3. The molecule has 3 rings (SSSR count). The van der Waals surface area contributed by atoms with Crippen molar-refractivity contribution in [3.63, 3.8) is 0 Å². The molecular formula is C29H34ClN3O4S. The molecule has 202 valence electrons. The van der Waals surface area contributed by atoms with E-state index in [1.54, 1.807) is 44.2 Å². The summed E-state index contributed by atoms with van der Waals surface area (Å²) in [4.78, 5) is 28.4. The SMILES string of the molecule is CCCNC(=O)[C@H](C)N(Cc1ccccc1C)C(=O)CN(c1cc(Cl)ccc1C)S(=O)(=O)c1ccccc1. The van der Waals surface area contributed by atoms with Crippen LogP contribution in [0.15, 0.2) is 77.7 Å². The third kappa shape index (κ3) is 6.94. The molecule has 0 saturated carbocycles. The Bertz CT molecular complexity index is 1380. The van der Waals surface area contributed by atoms with E-state index in [1.807, 2.05) is 38.1 Å². The molecule has 7 nitrogen and oxygen atoms in total. The molecular weight excluding hydrogens is 522 g/mol. The topological polar surface area (TPSA) is 86.8 Å². The van der Waals surface area contributed by atoms with Crippen LogP contribution >= 0.6 is 11.6 Å². The quantitative estimate of drug-likeness (QED) is 0.357. The number of aryl methyl sites for hydroxylation is 2. The zero-order valence-electron chi connectivity index (χ0n) is 22.1. The number of amides is 2. The van der Waals surface area contributed by atoms with Crippen LogP contribution in [0.3, 0.4) is 0 Å². The molecule has 0 aliphatic rings. The first-order valence-electron chi connectivity index (χ1n) is 12.5. The number of halogens is 1. The summed E-state index contributed by atoms with van der Waals surface area (Å²) in [5, 5.41) is 3.19. The molecule has 9 heteroatoms. The fourth-order valence-electron chi connectivity index (χ4n) is 4.03. The maximum absolute atomic E-state index is 13.9. The lowest BCUT2D eigenvalue weighted by atomic mass is 10.1. The minimum atomic E-state index is -4.14. The molecule has 0 unspecified atom stereocenters. The number of rotatable bonds is 11. The van der Waals surface area contributed by atoms with Crippen LogP contribution in [0.1, 0.15) is 37.0 Å². The van der Waals surface area contributed by atoms with Crippen LogP contribution in [0.2, 0.25) is 5.02 Å². The van der Waals surface area contributed by atoms with Crippen LogP contribution in [0.5, 0.6) is 0 Å². The normalized spacial score (nSPS) is 12.0. The van der Waals surface area contributed by atoms with Gasteiger partial charge in [-0.15, -0.1) is 0 Å². The number of carbonyl (C=O) groups is 2. The molecule has 2 amide bonds. The van der Waals surface area contributed by atoms with Crippen molar-refractivity contribution in [1.29, 1.82) is 0 Å². The van der Waals surface area contributed by atoms with Crippen molar-refractivity contribution >= 4 is 39.1 Å². The summed E-state index contributed by atoms with van der Waals surface area (Å²) >= 11 is 6.25. The van der Waals surface area contributed by atoms with Crippen molar-refractivity contribution in [2.75, 3.05) is 17.4 Å². The number of hydrogen-bond donors (Lipinski definition) is 1. The highest BCUT2D eigenvalue weighted by molar-refractivity contribution is 7.92. The van der Waals surface area contributed by atoms with E-state index in [4.69, 9.17) is 11.6 Å². The minimum Gasteiger partial charge on any atom is -0.354 e. The van der Waals surface area contributed by atoms with Gasteiger partial charge in [0.05, 0.1) is 10.6 Å². The van der Waals surface area contributed by atoms with Crippen LogP contribution in [-0.2, 0) is 26.2 Å². The van der Waals surface area contributed by atoms with Gasteiger partial charge in [-0.1, -0.05) is 67.1 Å². The first kappa shape index (κ1) is 29.2. The van der Waals surface area contributed by atoms with Gasteiger partial charge in [0.25, 0.3) is 10.0 Å². The van der Waals surface area contributed by atoms with E-state index in [0.29, 0.717) is 22.8 Å². The van der Waals surface area contributed by atoms with Gasteiger partial charge in [-0.2, -0.15) is 0 Å². The summed E-state index contributed by atoms with van der Waals surface area (Å²) in [7, 11) is -4.14. The maximum atomic E-state index is 13.9. The van der Waals surface area contributed by atoms with Crippen LogP contribution < -0.4 is 9.62 Å². The minimum absolute atomic E-state index is 0.0476. The Kier molecular flexibility index (Phi) is 9.94. The lowest BCUT2D eigenvalue weighted by molar-refractivity contribution is -0.139. The summed E-state index contributed by atoms with van der Waals surface area (Å²) in [5.74, 6) is -0.809. The molecule has 3 aromatic rings. The van der Waals surface area contributed by atoms with Gasteiger partial charge in [0.15, 0.2) is 0 Å². The van der Waals surface area contributed by atoms with Crippen LogP contribution in [0.25, 0.3) is 0 Å². The Morgan fingerprint density at radius 3 is 2.26 bits per heavy atom. The number of hydrogen-bond acceptors (Lipinski definition) is 4. The van der Waals surface area contributed by atoms with Gasteiger partial charge in [0, 0.05) is 18.1 Å². The second kappa shape index (κ2) is 12.9. The lowest BCUT2D eigenvalue weighted by Crippen LogP contribution is -2.51. The van der Waals surface area contributed by atoms with Crippen molar-refractivity contribution in [3.05, 3.63) is 94.5 Å². The monoisotopic (exact) mass is 555 g/mol. The van der Waals surface area contributed by atoms with Crippen LogP contribution in [0.4, 0.5) is 5.69 Å². The van der Waals surface area contributed by atoms with Gasteiger partial charge in [0.2, 0.25) is 11.8 Å². The zero-order chi connectivity index (χ0) is 27.9. The van der Waals surface area contributed by atoms with E-state index >= 15 is 0 Å². The predicted octanol–water partition coefficient (Wildman–Crippen LogP) is 5.10. The van der Waals surface area contributed by atoms with Gasteiger partial charge in [-0.05, 0) is 68.1 Å². The fourth-order valence-corrected chi connectivity index (χ4v) is 5.69. The largest absolute Gasteiger partial charge is 0.354 e. The molecule has 0 bridgehead atoms. The van der Waals surface area contributed by atoms with E-state index < -0.39 is 28.5 Å². The molecule has 38 heavy (non-hydrogen) atoms. The van der Waals surface area contributed by atoms with Gasteiger partial charge < -0.3 is 10.2 Å². The third-order valence-electron chi connectivity index (χ3n) is 6.37. The van der Waals surface area contributed by atoms with Gasteiger partial charge in [-0.3, -0.25) is 13.9 Å². The Labute approximate surface area is 230 Å². The summed E-state index contributed by atoms with van der Waals surface area (Å²) in [6, 6.07) is 19.6. The van der Waals surface area contributed by atoms with E-state index in [-0.39, 0.29) is 17.3 Å². The zero-order valence-corrected chi connectivity index (χ0v) is 23.7. The molecule has 0 heterocycles. The maximum Gasteiger partial charge on any atom is 0.264 e. The number of nitrogens with zero attached hydrogens (tertiary/aromatic N) is 2. The molecule has 0 aliphatic carbocycles. The summed E-state index contributed by atoms with van der Waals surface area (Å²) < 4.78 is 28.8. The van der Waals surface area contributed by atoms with Crippen LogP contribution in [0, 0.1) is 13.8 Å². The molecule has 1 atom stereocenters. The molecule has 0 radical (unpaired) electrons. The molecule has 3 aromatic carbocycles. The van der Waals surface area contributed by atoms with Gasteiger partial charge in [-0.25, -0.2) is 8.42 Å². The fraction of sp³-hybridized carbons (Fsp3) is 0.310. The first-order chi connectivity index (χ1) is 18.1. The summed E-state index contributed by atoms with van der Waals surface area (Å²) in [6.07, 6.45) is 0.751. The Morgan fingerprint density at radius 1 is 0.947 bits per heavy atom. The van der Waals surface area contributed by atoms with Gasteiger partial charge in [0.1, 0.15) is 12.6 Å². The Morgan fingerprint density at radius 2 is 1.61 bits per heavy atom. The number of nitrogens with one attached hydrogen (secondary N) is 1. The lowest BCUT2D eigenvalue weighted by Gasteiger charge is -2.32. The van der Waals surface area contributed by atoms with E-state index in [0.717, 1.165) is 21.9 Å². The van der Waals surface area contributed by atoms with E-state index in [1.165, 1.54) is 23.1 Å². The molecule has 0 spiro atoms. The average Bonchev–Trinajstić information content (AvgIpc) is 2.91. The van der Waals surface area contributed by atoms with Crippen molar-refractivity contribution in [2.45, 2.75) is 51.6 Å². The highest BCUT2D eigenvalue weighted by atomic mass is 35.5. The molecule has 1 N–H and O–H groups in total. The second-order valence-corrected chi connectivity index (χ2v) is 11.5. The second-order valence-electron chi connectivity index (χ2n) is 9.17. The number of sulfonamides is 1. The third-order valence-corrected chi connectivity index (χ3v) is 8.38. The summed E-state index contributed by atoms with van der Waals surface area (Å²) in [5.41, 5.74) is 2.77. The highest BCUT2D eigenvalue weighted by Gasteiger charge is 2.33. The van der Waals surface area contributed by atoms with Crippen molar-refractivity contribution in [2.24, 2.45) is 0 Å². The van der Waals surface area contributed by atoms with Crippen molar-refractivity contribution < 1.29 is 18.0 Å². The summed E-state index contributed by atoms with van der Waals surface area (Å²) in [6.45, 7) is 7.42. The molecule has 0 fully saturated rings. The standard InChI is InChI=1S/C29H34ClN3O4S/c1-5-17-31-29(35)23(4)32(19-24-12-10-9-11-21(24)2)28(34)20-33(27-18-25(30)16-15-22(27)3)38(36,37)26-13-7-6-8-14-26/h6-16,18,23H,5,17,19-20H2,1-4H3,(H,31,35)/t23-/m0/s1. The van der Waals surface area contributed by atoms with E-state index in [9.17, 15) is 18.0 Å². The van der Waals surface area contributed by atoms with Crippen molar-refractivity contribution in [1.82, 2.24) is 10.2 Å². The Balaban J connectivity index is 2.06. The predicted molar refractivity (Wildman–Crippen MR) is 152 cm³/mol. The van der Waals surface area contributed by atoms with Crippen molar-refractivity contribution in [3.8, 4) is 0 Å². The molecule has 0 aromatic heterocycles. The molecule has 0 saturated heterocycles. The number of anilines is 1. The Hall–Kier alpha value is -3.36. The van der Waals surface area contributed by atoms with Gasteiger partial charge >= 0.3 is 0 Å². The van der Waals surface area contributed by atoms with E-state index in [2.05, 4.69) is 5.32 Å².